The molecule has 2 bridgehead atoms. The van der Waals surface area contributed by atoms with Gasteiger partial charge >= 0.3 is 11.8 Å². The fraction of sp³-hybridized carbons (Fsp3) is 0.696. The van der Waals surface area contributed by atoms with E-state index in [0.29, 0.717) is 18.7 Å². The number of piperazine rings is 1. The third kappa shape index (κ3) is 4.16. The molecule has 170 valence electrons. The summed E-state index contributed by atoms with van der Waals surface area (Å²) in [5.74, 6) is 0.870. The molecule has 2 atom stereocenters. The summed E-state index contributed by atoms with van der Waals surface area (Å²) in [6.45, 7) is 14.1. The first-order valence-electron chi connectivity index (χ1n) is 11.2. The molecule has 0 saturated carbocycles. The lowest BCUT2D eigenvalue weighted by Crippen LogP contribution is -2.64. The second-order valence-electron chi connectivity index (χ2n) is 11.2. The van der Waals surface area contributed by atoms with Crippen LogP contribution < -0.4 is 10.6 Å². The van der Waals surface area contributed by atoms with Crippen LogP contribution in [0.1, 0.15) is 54.4 Å². The molecule has 2 unspecified atom stereocenters. The molecule has 0 aliphatic carbocycles. The van der Waals surface area contributed by atoms with E-state index in [9.17, 15) is 9.59 Å². The van der Waals surface area contributed by atoms with Gasteiger partial charge in [-0.2, -0.15) is 0 Å². The van der Waals surface area contributed by atoms with Gasteiger partial charge in [0.05, 0.1) is 11.6 Å². The highest BCUT2D eigenvalue weighted by atomic mass is 16.6. The number of pyridine rings is 1. The summed E-state index contributed by atoms with van der Waals surface area (Å²) < 4.78 is 9.07. The van der Waals surface area contributed by atoms with E-state index >= 15 is 0 Å². The molecule has 5 rings (SSSR count). The van der Waals surface area contributed by atoms with Crippen LogP contribution in [0.5, 0.6) is 0 Å². The minimum Gasteiger partial charge on any atom is -0.444 e. The second kappa shape index (κ2) is 7.28. The Morgan fingerprint density at radius 1 is 1.10 bits per heavy atom. The Morgan fingerprint density at radius 2 is 1.77 bits per heavy atom. The van der Waals surface area contributed by atoms with E-state index in [2.05, 4.69) is 25.7 Å². The third-order valence-corrected chi connectivity index (χ3v) is 6.05. The number of carbonyl (C=O) groups is 1. The van der Waals surface area contributed by atoms with Gasteiger partial charge < -0.3 is 14.5 Å². The van der Waals surface area contributed by atoms with Gasteiger partial charge in [0.25, 0.3) is 0 Å². The number of imidazole rings is 1. The van der Waals surface area contributed by atoms with E-state index in [4.69, 9.17) is 9.72 Å². The number of hydrogen-bond acceptors (Lipinski definition) is 5. The molecule has 31 heavy (non-hydrogen) atoms. The first-order chi connectivity index (χ1) is 14.3. The monoisotopic (exact) mass is 429 g/mol. The predicted molar refractivity (Wildman–Crippen MR) is 122 cm³/mol. The summed E-state index contributed by atoms with van der Waals surface area (Å²) in [5.41, 5.74) is 1.03. The average Bonchev–Trinajstić information content (AvgIpc) is 2.90. The Hall–Kier alpha value is -2.51. The van der Waals surface area contributed by atoms with Crippen molar-refractivity contribution >= 4 is 23.1 Å². The number of rotatable bonds is 2. The van der Waals surface area contributed by atoms with Gasteiger partial charge in [-0.05, 0) is 51.2 Å². The van der Waals surface area contributed by atoms with Crippen LogP contribution in [0, 0.1) is 5.41 Å². The number of amides is 1. The molecule has 3 saturated heterocycles. The molecule has 8 nitrogen and oxygen atoms in total. The fourth-order valence-corrected chi connectivity index (χ4v) is 4.70. The molecule has 0 aromatic carbocycles. The van der Waals surface area contributed by atoms with Gasteiger partial charge in [-0.15, -0.1) is 0 Å². The highest BCUT2D eigenvalue weighted by Crippen LogP contribution is 2.33. The van der Waals surface area contributed by atoms with E-state index in [-0.39, 0.29) is 29.3 Å². The topological polar surface area (TPSA) is 72.6 Å². The van der Waals surface area contributed by atoms with Crippen molar-refractivity contribution in [2.45, 2.75) is 78.6 Å². The Kier molecular flexibility index (Phi) is 5.10. The first-order valence-corrected chi connectivity index (χ1v) is 11.2. The summed E-state index contributed by atoms with van der Waals surface area (Å²) >= 11 is 0. The molecule has 0 radical (unpaired) electrons. The van der Waals surface area contributed by atoms with Crippen molar-refractivity contribution in [3.63, 3.8) is 0 Å². The van der Waals surface area contributed by atoms with E-state index in [1.807, 2.05) is 42.4 Å². The summed E-state index contributed by atoms with van der Waals surface area (Å²) in [6, 6.07) is 4.35. The molecular weight excluding hydrogens is 394 g/mol. The molecule has 0 N–H and O–H groups in total. The highest BCUT2D eigenvalue weighted by molar-refractivity contribution is 5.75. The molecule has 5 heterocycles. The fourth-order valence-electron chi connectivity index (χ4n) is 4.70. The molecule has 1 amide bonds. The number of aryl methyl sites for hydroxylation is 1. The number of aromatic nitrogens is 3. The van der Waals surface area contributed by atoms with E-state index < -0.39 is 5.60 Å². The lowest BCUT2D eigenvalue weighted by molar-refractivity contribution is 0.000789. The Labute approximate surface area is 183 Å². The van der Waals surface area contributed by atoms with Crippen molar-refractivity contribution in [1.29, 1.82) is 0 Å². The summed E-state index contributed by atoms with van der Waals surface area (Å²) in [5, 5.41) is 0. The molecule has 3 aliphatic heterocycles. The lowest BCUT2D eigenvalue weighted by Gasteiger charge is -2.51. The molecule has 2 aromatic heterocycles. The van der Waals surface area contributed by atoms with Gasteiger partial charge in [-0.1, -0.05) is 20.8 Å². The smallest absolute Gasteiger partial charge is 0.410 e. The number of carbonyl (C=O) groups excluding carboxylic acids is 1. The molecular formula is C23H35N5O3. The molecule has 3 fully saturated rings. The number of hydrogen-bond donors (Lipinski definition) is 0. The van der Waals surface area contributed by atoms with Crippen molar-refractivity contribution in [3.05, 3.63) is 22.6 Å². The maximum Gasteiger partial charge on any atom is 0.410 e. The number of piperidine rings is 2. The van der Waals surface area contributed by atoms with Crippen LogP contribution in [0.3, 0.4) is 0 Å². The number of anilines is 1. The van der Waals surface area contributed by atoms with Crippen molar-refractivity contribution in [3.8, 4) is 0 Å². The zero-order chi connectivity index (χ0) is 22.7. The second-order valence-corrected chi connectivity index (χ2v) is 11.2. The van der Waals surface area contributed by atoms with Crippen LogP contribution in [-0.2, 0) is 18.3 Å². The van der Waals surface area contributed by atoms with Gasteiger partial charge in [-0.25, -0.2) is 14.6 Å². The van der Waals surface area contributed by atoms with Crippen LogP contribution in [0.4, 0.5) is 10.6 Å². The van der Waals surface area contributed by atoms with E-state index in [1.54, 1.807) is 11.6 Å². The quantitative estimate of drug-likeness (QED) is 0.732. The average molecular weight is 430 g/mol. The standard InChI is InChI=1S/C23H35N5O3/c1-22(2,3)14-28-17-10-11-18(24-19(17)25(7)20(28)29)26-12-16-9-8-15(26)13-27(16)21(30)31-23(4,5)6/h10-11,15-16H,8-9,12-14H2,1-7H3. The molecule has 3 aliphatic rings. The molecule has 2 aromatic rings. The number of ether oxygens (including phenoxy) is 1. The minimum atomic E-state index is -0.495. The van der Waals surface area contributed by atoms with Gasteiger partial charge in [-0.3, -0.25) is 9.13 Å². The Bertz CT molecular complexity index is 1060. The predicted octanol–water partition coefficient (Wildman–Crippen LogP) is 3.37. The molecule has 8 heteroatoms. The maximum absolute atomic E-state index is 12.8. The largest absolute Gasteiger partial charge is 0.444 e. The van der Waals surface area contributed by atoms with Crippen LogP contribution in [-0.4, -0.2) is 55.9 Å². The third-order valence-electron chi connectivity index (χ3n) is 6.05. The lowest BCUT2D eigenvalue weighted by atomic mass is 9.91. The molecule has 0 spiro atoms. The summed E-state index contributed by atoms with van der Waals surface area (Å²) in [6.07, 6.45) is 1.77. The maximum atomic E-state index is 12.8. The van der Waals surface area contributed by atoms with E-state index in [1.165, 1.54) is 0 Å². The number of nitrogens with zero attached hydrogens (tertiary/aromatic N) is 5. The van der Waals surface area contributed by atoms with Gasteiger partial charge in [0.1, 0.15) is 11.4 Å². The summed E-state index contributed by atoms with van der Waals surface area (Å²) in [7, 11) is 1.78. The minimum absolute atomic E-state index is 0.00603. The van der Waals surface area contributed by atoms with Gasteiger partial charge in [0, 0.05) is 32.7 Å². The van der Waals surface area contributed by atoms with Gasteiger partial charge in [0.15, 0.2) is 5.65 Å². The number of fused-ring (bicyclic) bond motifs is 4. The van der Waals surface area contributed by atoms with Crippen molar-refractivity contribution in [1.82, 2.24) is 19.0 Å². The van der Waals surface area contributed by atoms with Crippen LogP contribution >= 0.6 is 0 Å². The van der Waals surface area contributed by atoms with E-state index in [0.717, 1.165) is 30.7 Å². The van der Waals surface area contributed by atoms with Crippen molar-refractivity contribution < 1.29 is 9.53 Å². The van der Waals surface area contributed by atoms with Crippen molar-refractivity contribution in [2.24, 2.45) is 12.5 Å². The van der Waals surface area contributed by atoms with Crippen LogP contribution in [0.25, 0.3) is 11.2 Å². The SMILES string of the molecule is Cn1c(=O)n(CC(C)(C)C)c2ccc(N3CC4CCC3CN4C(=O)OC(C)(C)C)nc21. The normalized spacial score (nSPS) is 21.8. The Balaban J connectivity index is 1.60. The van der Waals surface area contributed by atoms with Crippen LogP contribution in [0.2, 0.25) is 0 Å². The zero-order valence-corrected chi connectivity index (χ0v) is 19.8. The first kappa shape index (κ1) is 21.7. The summed E-state index contributed by atoms with van der Waals surface area (Å²) in [4.78, 5) is 34.5. The van der Waals surface area contributed by atoms with Crippen molar-refractivity contribution in [2.75, 3.05) is 18.0 Å². The van der Waals surface area contributed by atoms with Crippen LogP contribution in [0.15, 0.2) is 16.9 Å². The van der Waals surface area contributed by atoms with Gasteiger partial charge in [0.2, 0.25) is 0 Å². The Morgan fingerprint density at radius 3 is 2.35 bits per heavy atom. The highest BCUT2D eigenvalue weighted by Gasteiger charge is 2.43. The zero-order valence-electron chi connectivity index (χ0n) is 19.8.